The van der Waals surface area contributed by atoms with Crippen LogP contribution in [0, 0.1) is 20.8 Å². The Balaban J connectivity index is 1.75. The highest BCUT2D eigenvalue weighted by atomic mass is 32.1. The molecule has 5 nitrogen and oxygen atoms in total. The lowest BCUT2D eigenvalue weighted by Crippen LogP contribution is -2.24. The van der Waals surface area contributed by atoms with Crippen LogP contribution in [0.1, 0.15) is 33.5 Å². The number of carbonyl (C=O) groups excluding carboxylic acids is 1. The third kappa shape index (κ3) is 3.04. The van der Waals surface area contributed by atoms with Gasteiger partial charge in [-0.25, -0.2) is 4.98 Å². The molecule has 0 aromatic carbocycles. The van der Waals surface area contributed by atoms with E-state index in [2.05, 4.69) is 16.5 Å². The first-order chi connectivity index (χ1) is 13.4. The minimum Gasteiger partial charge on any atom is -0.349 e. The molecule has 144 valence electrons. The van der Waals surface area contributed by atoms with Gasteiger partial charge in [0, 0.05) is 44.2 Å². The maximum Gasteiger partial charge on any atom is 0.263 e. The van der Waals surface area contributed by atoms with Crippen LogP contribution in [-0.4, -0.2) is 19.9 Å². The van der Waals surface area contributed by atoms with Gasteiger partial charge in [0.1, 0.15) is 4.83 Å². The van der Waals surface area contributed by atoms with E-state index in [1.54, 1.807) is 11.3 Å². The summed E-state index contributed by atoms with van der Waals surface area (Å²) >= 11 is 3.12. The summed E-state index contributed by atoms with van der Waals surface area (Å²) in [6, 6.07) is 5.98. The maximum absolute atomic E-state index is 13.1. The van der Waals surface area contributed by atoms with E-state index in [-0.39, 0.29) is 17.9 Å². The lowest BCUT2D eigenvalue weighted by atomic mass is 10.1. The van der Waals surface area contributed by atoms with Gasteiger partial charge in [0.05, 0.1) is 18.3 Å². The topological polar surface area (TPSA) is 56.9 Å². The summed E-state index contributed by atoms with van der Waals surface area (Å²) in [5, 5.41) is 2.58. The van der Waals surface area contributed by atoms with E-state index >= 15 is 0 Å². The van der Waals surface area contributed by atoms with Crippen molar-refractivity contribution in [2.24, 2.45) is 0 Å². The van der Waals surface area contributed by atoms with Gasteiger partial charge in [-0.1, -0.05) is 0 Å². The number of rotatable bonds is 5. The van der Waals surface area contributed by atoms with Crippen LogP contribution in [0.25, 0.3) is 20.7 Å². The lowest BCUT2D eigenvalue weighted by Gasteiger charge is -2.07. The second-order valence-corrected chi connectivity index (χ2v) is 9.02. The summed E-state index contributed by atoms with van der Waals surface area (Å²) in [4.78, 5) is 33.4. The van der Waals surface area contributed by atoms with E-state index < -0.39 is 0 Å². The number of hydrogen-bond acceptors (Lipinski definition) is 5. The number of nitrogens with zero attached hydrogens (tertiary/aromatic N) is 3. The SMILES string of the molecule is CCn1c(C)cc(C(=O)Cn2cnc3scc(-c4ccc(C)s4)c3c2=O)c1C. The average molecular weight is 412 g/mol. The predicted molar refractivity (Wildman–Crippen MR) is 116 cm³/mol. The quantitative estimate of drug-likeness (QED) is 0.443. The first-order valence-corrected chi connectivity index (χ1v) is 10.8. The Morgan fingerprint density at radius 2 is 2.00 bits per heavy atom. The summed E-state index contributed by atoms with van der Waals surface area (Å²) in [5.41, 5.74) is 3.41. The van der Waals surface area contributed by atoms with Gasteiger partial charge in [0.2, 0.25) is 0 Å². The molecule has 4 rings (SSSR count). The summed E-state index contributed by atoms with van der Waals surface area (Å²) in [6.45, 7) is 8.86. The van der Waals surface area contributed by atoms with Gasteiger partial charge >= 0.3 is 0 Å². The van der Waals surface area contributed by atoms with Crippen LogP contribution in [-0.2, 0) is 13.1 Å². The molecule has 7 heteroatoms. The molecule has 0 amide bonds. The average Bonchev–Trinajstić information content (AvgIpc) is 3.35. The van der Waals surface area contributed by atoms with Crippen molar-refractivity contribution in [2.45, 2.75) is 40.8 Å². The van der Waals surface area contributed by atoms with Gasteiger partial charge in [0.25, 0.3) is 5.56 Å². The van der Waals surface area contributed by atoms with Gasteiger partial charge in [-0.05, 0) is 45.9 Å². The van der Waals surface area contributed by atoms with E-state index in [0.29, 0.717) is 15.8 Å². The molecule has 4 heterocycles. The maximum atomic E-state index is 13.1. The molecule has 0 N–H and O–H groups in total. The zero-order chi connectivity index (χ0) is 20.0. The number of aryl methyl sites for hydroxylation is 2. The van der Waals surface area contributed by atoms with Gasteiger partial charge in [-0.2, -0.15) is 0 Å². The van der Waals surface area contributed by atoms with E-state index in [9.17, 15) is 9.59 Å². The van der Waals surface area contributed by atoms with E-state index in [1.807, 2.05) is 44.4 Å². The molecule has 4 aromatic heterocycles. The van der Waals surface area contributed by atoms with Crippen molar-refractivity contribution in [3.63, 3.8) is 0 Å². The standard InChI is InChI=1S/C21H21N3O2S2/c1-5-24-12(2)8-15(14(24)4)17(25)9-23-11-22-20-19(21(23)26)16(10-27-20)18-7-6-13(3)28-18/h6-8,10-11H,5,9H2,1-4H3. The molecule has 0 bridgehead atoms. The van der Waals surface area contributed by atoms with E-state index in [0.717, 1.165) is 28.4 Å². The predicted octanol–water partition coefficient (Wildman–Crippen LogP) is 4.82. The van der Waals surface area contributed by atoms with Gasteiger partial charge in [-0.3, -0.25) is 14.2 Å². The first-order valence-electron chi connectivity index (χ1n) is 9.14. The van der Waals surface area contributed by atoms with Crippen molar-refractivity contribution in [1.82, 2.24) is 14.1 Å². The summed E-state index contributed by atoms with van der Waals surface area (Å²) in [5.74, 6) is -0.0696. The third-order valence-corrected chi connectivity index (χ3v) is 6.99. The van der Waals surface area contributed by atoms with Crippen LogP contribution >= 0.6 is 22.7 Å². The Kier molecular flexibility index (Phi) is 4.81. The van der Waals surface area contributed by atoms with E-state index in [1.165, 1.54) is 27.1 Å². The molecular weight excluding hydrogens is 390 g/mol. The molecule has 0 atom stereocenters. The normalized spacial score (nSPS) is 11.4. The third-order valence-electron chi connectivity index (χ3n) is 5.07. The van der Waals surface area contributed by atoms with Crippen molar-refractivity contribution in [1.29, 1.82) is 0 Å². The zero-order valence-electron chi connectivity index (χ0n) is 16.3. The van der Waals surface area contributed by atoms with Crippen molar-refractivity contribution in [2.75, 3.05) is 0 Å². The smallest absolute Gasteiger partial charge is 0.263 e. The summed E-state index contributed by atoms with van der Waals surface area (Å²) in [6.07, 6.45) is 1.49. The van der Waals surface area contributed by atoms with Crippen LogP contribution < -0.4 is 5.56 Å². The monoisotopic (exact) mass is 411 g/mol. The Morgan fingerprint density at radius 3 is 2.64 bits per heavy atom. The number of hydrogen-bond donors (Lipinski definition) is 0. The van der Waals surface area contributed by atoms with E-state index in [4.69, 9.17) is 0 Å². The summed E-state index contributed by atoms with van der Waals surface area (Å²) < 4.78 is 3.53. The first kappa shape index (κ1) is 18.8. The number of aromatic nitrogens is 3. The number of thiophene rings is 2. The largest absolute Gasteiger partial charge is 0.349 e. The lowest BCUT2D eigenvalue weighted by molar-refractivity contribution is 0.0970. The highest BCUT2D eigenvalue weighted by Gasteiger charge is 2.19. The molecule has 0 aliphatic heterocycles. The van der Waals surface area contributed by atoms with Gasteiger partial charge < -0.3 is 4.57 Å². The zero-order valence-corrected chi connectivity index (χ0v) is 17.9. The summed E-state index contributed by atoms with van der Waals surface area (Å²) in [7, 11) is 0. The number of Topliss-reactive ketones (excluding diaryl/α,β-unsaturated/α-hetero) is 1. The molecule has 0 aliphatic carbocycles. The Morgan fingerprint density at radius 1 is 1.21 bits per heavy atom. The molecule has 0 unspecified atom stereocenters. The van der Waals surface area contributed by atoms with Crippen LogP contribution in [0.2, 0.25) is 0 Å². The molecule has 4 aromatic rings. The van der Waals surface area contributed by atoms with Gasteiger partial charge in [0.15, 0.2) is 5.78 Å². The number of ketones is 1. The minimum absolute atomic E-state index is 0.00542. The fraction of sp³-hybridized carbons (Fsp3) is 0.286. The minimum atomic E-state index is -0.162. The van der Waals surface area contributed by atoms with Crippen LogP contribution in [0.5, 0.6) is 0 Å². The highest BCUT2D eigenvalue weighted by Crippen LogP contribution is 2.34. The Bertz CT molecular complexity index is 1260. The van der Waals surface area contributed by atoms with Crippen molar-refractivity contribution in [3.8, 4) is 10.4 Å². The molecule has 28 heavy (non-hydrogen) atoms. The van der Waals surface area contributed by atoms with Crippen molar-refractivity contribution >= 4 is 38.7 Å². The van der Waals surface area contributed by atoms with Crippen molar-refractivity contribution in [3.05, 3.63) is 62.1 Å². The number of carbonyl (C=O) groups is 1. The fourth-order valence-corrected chi connectivity index (χ4v) is 5.51. The number of fused-ring (bicyclic) bond motifs is 1. The molecule has 0 saturated heterocycles. The Labute approximate surface area is 170 Å². The van der Waals surface area contributed by atoms with Crippen LogP contribution in [0.15, 0.2) is 34.7 Å². The second-order valence-electron chi connectivity index (χ2n) is 6.87. The molecule has 0 radical (unpaired) electrons. The molecular formula is C21H21N3O2S2. The van der Waals surface area contributed by atoms with Crippen LogP contribution in [0.4, 0.5) is 0 Å². The second kappa shape index (κ2) is 7.14. The molecule has 0 fully saturated rings. The van der Waals surface area contributed by atoms with Crippen molar-refractivity contribution < 1.29 is 4.79 Å². The van der Waals surface area contributed by atoms with Crippen LogP contribution in [0.3, 0.4) is 0 Å². The molecule has 0 aliphatic rings. The van der Waals surface area contributed by atoms with Gasteiger partial charge in [-0.15, -0.1) is 22.7 Å². The molecule has 0 saturated carbocycles. The highest BCUT2D eigenvalue weighted by molar-refractivity contribution is 7.19. The Hall–Kier alpha value is -2.51. The molecule has 0 spiro atoms. The fourth-order valence-electron chi connectivity index (χ4n) is 3.65.